The SMILES string of the molecule is CCS(=O)(=O)c1cc(C(F)(F)F)cnc1-c1nc2cc(C(C)(F)F)cnc2n1C. The number of aryl methyl sites for hydroxylation is 1. The lowest BCUT2D eigenvalue weighted by Gasteiger charge is -2.12. The summed E-state index contributed by atoms with van der Waals surface area (Å²) in [6.07, 6.45) is -3.33. The number of sulfone groups is 1. The highest BCUT2D eigenvalue weighted by atomic mass is 32.2. The Balaban J connectivity index is 2.30. The van der Waals surface area contributed by atoms with Crippen molar-refractivity contribution in [3.05, 3.63) is 35.7 Å². The molecule has 0 radical (unpaired) electrons. The molecule has 6 nitrogen and oxygen atoms in total. The number of nitrogens with zero attached hydrogens (tertiary/aromatic N) is 4. The topological polar surface area (TPSA) is 77.7 Å². The van der Waals surface area contributed by atoms with Crippen molar-refractivity contribution in [3.8, 4) is 11.5 Å². The molecule has 0 amide bonds. The molecule has 0 fully saturated rings. The van der Waals surface area contributed by atoms with Crippen LogP contribution in [0.15, 0.2) is 29.4 Å². The van der Waals surface area contributed by atoms with Crippen molar-refractivity contribution in [3.63, 3.8) is 0 Å². The lowest BCUT2D eigenvalue weighted by Crippen LogP contribution is -2.13. The molecule has 0 saturated carbocycles. The molecule has 3 heterocycles. The van der Waals surface area contributed by atoms with Crippen molar-refractivity contribution in [2.75, 3.05) is 5.75 Å². The number of imidazole rings is 1. The Morgan fingerprint density at radius 2 is 1.66 bits per heavy atom. The molecular weight excluding hydrogens is 419 g/mol. The fraction of sp³-hybridized carbons (Fsp3) is 0.353. The molecule has 0 aliphatic carbocycles. The van der Waals surface area contributed by atoms with Crippen LogP contribution < -0.4 is 0 Å². The molecule has 0 aliphatic heterocycles. The number of alkyl halides is 5. The molecule has 156 valence electrons. The quantitative estimate of drug-likeness (QED) is 0.581. The van der Waals surface area contributed by atoms with Gasteiger partial charge in [0, 0.05) is 31.9 Å². The molecule has 3 aromatic rings. The van der Waals surface area contributed by atoms with E-state index in [9.17, 15) is 30.4 Å². The van der Waals surface area contributed by atoms with Crippen molar-refractivity contribution in [1.29, 1.82) is 0 Å². The predicted octanol–water partition coefficient (Wildman–Crippen LogP) is 3.95. The molecule has 3 aromatic heterocycles. The van der Waals surface area contributed by atoms with Crippen molar-refractivity contribution in [2.24, 2.45) is 7.05 Å². The zero-order chi connectivity index (χ0) is 21.8. The molecule has 0 bridgehead atoms. The summed E-state index contributed by atoms with van der Waals surface area (Å²) in [6, 6.07) is 1.59. The molecule has 0 spiro atoms. The van der Waals surface area contributed by atoms with Gasteiger partial charge in [-0.2, -0.15) is 13.2 Å². The minimum atomic E-state index is -4.79. The van der Waals surface area contributed by atoms with E-state index in [2.05, 4.69) is 15.0 Å². The van der Waals surface area contributed by atoms with Gasteiger partial charge in [-0.25, -0.2) is 27.2 Å². The highest BCUT2D eigenvalue weighted by Crippen LogP contribution is 2.35. The first-order valence-electron chi connectivity index (χ1n) is 8.27. The van der Waals surface area contributed by atoms with Crippen LogP contribution >= 0.6 is 0 Å². The van der Waals surface area contributed by atoms with Crippen molar-refractivity contribution < 1.29 is 30.4 Å². The number of aromatic nitrogens is 4. The Morgan fingerprint density at radius 1 is 1.03 bits per heavy atom. The molecule has 0 atom stereocenters. The smallest absolute Gasteiger partial charge is 0.310 e. The summed E-state index contributed by atoms with van der Waals surface area (Å²) in [5.41, 5.74) is -1.77. The molecule has 12 heteroatoms. The summed E-state index contributed by atoms with van der Waals surface area (Å²) in [5.74, 6) is -3.75. The lowest BCUT2D eigenvalue weighted by atomic mass is 10.2. The highest BCUT2D eigenvalue weighted by Gasteiger charge is 2.34. The zero-order valence-corrected chi connectivity index (χ0v) is 16.2. The summed E-state index contributed by atoms with van der Waals surface area (Å²) in [6.45, 7) is 1.97. The number of fused-ring (bicyclic) bond motifs is 1. The second-order valence-corrected chi connectivity index (χ2v) is 8.67. The minimum Gasteiger partial charge on any atom is -0.310 e. The van der Waals surface area contributed by atoms with Crippen LogP contribution in [0, 0.1) is 0 Å². The maximum absolute atomic E-state index is 13.6. The van der Waals surface area contributed by atoms with Gasteiger partial charge in [0.25, 0.3) is 5.92 Å². The van der Waals surface area contributed by atoms with Crippen molar-refractivity contribution in [2.45, 2.75) is 30.8 Å². The van der Waals surface area contributed by atoms with Gasteiger partial charge < -0.3 is 4.57 Å². The predicted molar refractivity (Wildman–Crippen MR) is 94.0 cm³/mol. The number of hydrogen-bond acceptors (Lipinski definition) is 5. The Labute approximate surface area is 162 Å². The molecule has 0 unspecified atom stereocenters. The van der Waals surface area contributed by atoms with Crippen LogP contribution in [-0.2, 0) is 29.0 Å². The standard InChI is InChI=1S/C17H15F5N4O2S/c1-4-29(27,28)12-6-10(17(20,21)22)8-23-13(12)15-25-11-5-9(16(2,18)19)7-24-14(11)26(15)3/h5-8H,4H2,1-3H3. The number of halogens is 5. The second kappa shape index (κ2) is 6.71. The Kier molecular flexibility index (Phi) is 4.88. The molecule has 0 N–H and O–H groups in total. The number of hydrogen-bond donors (Lipinski definition) is 0. The van der Waals surface area contributed by atoms with E-state index in [0.29, 0.717) is 19.2 Å². The maximum atomic E-state index is 13.6. The second-order valence-electron chi connectivity index (χ2n) is 6.42. The first kappa shape index (κ1) is 21.1. The molecule has 3 rings (SSSR count). The van der Waals surface area contributed by atoms with Gasteiger partial charge in [0.05, 0.1) is 16.2 Å². The Hall–Kier alpha value is -2.63. The van der Waals surface area contributed by atoms with Gasteiger partial charge in [0.1, 0.15) is 11.2 Å². The normalized spacial score (nSPS) is 13.2. The highest BCUT2D eigenvalue weighted by molar-refractivity contribution is 7.91. The van der Waals surface area contributed by atoms with Crippen molar-refractivity contribution >= 4 is 21.0 Å². The van der Waals surface area contributed by atoms with Crippen LogP contribution in [0.4, 0.5) is 22.0 Å². The van der Waals surface area contributed by atoms with Gasteiger partial charge in [0.2, 0.25) is 0 Å². The molecule has 0 aliphatic rings. The first-order valence-corrected chi connectivity index (χ1v) is 9.92. The Morgan fingerprint density at radius 3 is 2.21 bits per heavy atom. The third-order valence-corrected chi connectivity index (χ3v) is 6.06. The largest absolute Gasteiger partial charge is 0.417 e. The third kappa shape index (κ3) is 3.80. The van der Waals surface area contributed by atoms with E-state index >= 15 is 0 Å². The fourth-order valence-corrected chi connectivity index (χ4v) is 3.74. The lowest BCUT2D eigenvalue weighted by molar-refractivity contribution is -0.138. The van der Waals surface area contributed by atoms with Crippen LogP contribution in [0.5, 0.6) is 0 Å². The van der Waals surface area contributed by atoms with Gasteiger partial charge >= 0.3 is 6.18 Å². The zero-order valence-electron chi connectivity index (χ0n) is 15.4. The monoisotopic (exact) mass is 434 g/mol. The summed E-state index contributed by atoms with van der Waals surface area (Å²) < 4.78 is 92.4. The van der Waals surface area contributed by atoms with E-state index in [0.717, 1.165) is 12.3 Å². The average molecular weight is 434 g/mol. The van der Waals surface area contributed by atoms with Crippen LogP contribution in [0.1, 0.15) is 25.0 Å². The molecule has 29 heavy (non-hydrogen) atoms. The van der Waals surface area contributed by atoms with Crippen LogP contribution in [0.25, 0.3) is 22.7 Å². The number of pyridine rings is 2. The van der Waals surface area contributed by atoms with Crippen LogP contribution in [0.3, 0.4) is 0 Å². The summed E-state index contributed by atoms with van der Waals surface area (Å²) >= 11 is 0. The van der Waals surface area contributed by atoms with E-state index in [4.69, 9.17) is 0 Å². The maximum Gasteiger partial charge on any atom is 0.417 e. The molecular formula is C17H15F5N4O2S. The molecule has 0 saturated heterocycles. The van der Waals surface area contributed by atoms with E-state index < -0.39 is 43.7 Å². The van der Waals surface area contributed by atoms with Gasteiger partial charge in [-0.3, -0.25) is 4.98 Å². The van der Waals surface area contributed by atoms with E-state index in [1.165, 1.54) is 18.5 Å². The first-order chi connectivity index (χ1) is 13.3. The third-order valence-electron chi connectivity index (χ3n) is 4.32. The number of rotatable bonds is 4. The molecule has 0 aromatic carbocycles. The van der Waals surface area contributed by atoms with E-state index in [1.54, 1.807) is 0 Å². The van der Waals surface area contributed by atoms with Gasteiger partial charge in [-0.05, 0) is 12.1 Å². The summed E-state index contributed by atoms with van der Waals surface area (Å²) in [5, 5.41) is 0. The average Bonchev–Trinajstić information content (AvgIpc) is 2.96. The minimum absolute atomic E-state index is 0.0306. The van der Waals surface area contributed by atoms with Gasteiger partial charge in [0.15, 0.2) is 21.3 Å². The summed E-state index contributed by atoms with van der Waals surface area (Å²) in [4.78, 5) is 11.1. The van der Waals surface area contributed by atoms with Crippen LogP contribution in [0.2, 0.25) is 0 Å². The van der Waals surface area contributed by atoms with Crippen LogP contribution in [-0.4, -0.2) is 33.7 Å². The van der Waals surface area contributed by atoms with E-state index in [1.807, 2.05) is 0 Å². The van der Waals surface area contributed by atoms with Gasteiger partial charge in [-0.15, -0.1) is 0 Å². The van der Waals surface area contributed by atoms with Gasteiger partial charge in [-0.1, -0.05) is 6.92 Å². The van der Waals surface area contributed by atoms with Crippen molar-refractivity contribution in [1.82, 2.24) is 19.5 Å². The Bertz CT molecular complexity index is 1200. The van der Waals surface area contributed by atoms with E-state index in [-0.39, 0.29) is 22.7 Å². The fourth-order valence-electron chi connectivity index (χ4n) is 2.69. The summed E-state index contributed by atoms with van der Waals surface area (Å²) in [7, 11) is -2.67.